The molecule has 0 bridgehead atoms. The van der Waals surface area contributed by atoms with Crippen molar-refractivity contribution in [3.05, 3.63) is 39.9 Å². The van der Waals surface area contributed by atoms with E-state index >= 15 is 0 Å². The third-order valence-electron chi connectivity index (χ3n) is 2.79. The normalized spacial score (nSPS) is 12.3. The Labute approximate surface area is 124 Å². The number of nitro benzene ring substituents is 1. The molecule has 0 aliphatic rings. The number of nitrogens with one attached hydrogen (secondary N) is 2. The lowest BCUT2D eigenvalue weighted by Gasteiger charge is -2.25. The smallest absolute Gasteiger partial charge is 0.272 e. The summed E-state index contributed by atoms with van der Waals surface area (Å²) in [6.07, 6.45) is 1.62. The second-order valence-corrected chi connectivity index (χ2v) is 7.32. The Morgan fingerprint density at radius 1 is 1.29 bits per heavy atom. The average Bonchev–Trinajstić information content (AvgIpc) is 2.32. The quantitative estimate of drug-likeness (QED) is 0.424. The van der Waals surface area contributed by atoms with Crippen LogP contribution in [0.4, 0.5) is 5.69 Å². The number of nitro groups is 1. The number of hydrogen-bond donors (Lipinski definition) is 2. The minimum absolute atomic E-state index is 0.104. The van der Waals surface area contributed by atoms with Crippen LogP contribution in [-0.2, 0) is 16.4 Å². The molecule has 1 aromatic rings. The van der Waals surface area contributed by atoms with Gasteiger partial charge in [0.15, 0.2) is 0 Å². The van der Waals surface area contributed by atoms with Crippen molar-refractivity contribution in [1.82, 2.24) is 10.0 Å². The van der Waals surface area contributed by atoms with Gasteiger partial charge in [-0.25, -0.2) is 13.1 Å². The van der Waals surface area contributed by atoms with Gasteiger partial charge in [0.2, 0.25) is 10.0 Å². The van der Waals surface area contributed by atoms with E-state index in [4.69, 9.17) is 0 Å². The molecule has 0 saturated heterocycles. The molecule has 7 nitrogen and oxygen atoms in total. The molecule has 118 valence electrons. The van der Waals surface area contributed by atoms with Gasteiger partial charge in [-0.1, -0.05) is 18.2 Å². The maximum Gasteiger partial charge on any atom is 0.272 e. The second-order valence-electron chi connectivity index (χ2n) is 5.57. The van der Waals surface area contributed by atoms with Crippen LogP contribution < -0.4 is 10.0 Å². The topological polar surface area (TPSA) is 101 Å². The van der Waals surface area contributed by atoms with E-state index in [1.165, 1.54) is 6.07 Å². The van der Waals surface area contributed by atoms with Crippen molar-refractivity contribution in [2.24, 2.45) is 0 Å². The first-order chi connectivity index (χ1) is 9.61. The predicted octanol–water partition coefficient (Wildman–Crippen LogP) is 1.05. The van der Waals surface area contributed by atoms with Crippen LogP contribution in [-0.4, -0.2) is 38.2 Å². The highest BCUT2D eigenvalue weighted by Gasteiger charge is 2.21. The lowest BCUT2D eigenvalue weighted by molar-refractivity contribution is -0.385. The van der Waals surface area contributed by atoms with Gasteiger partial charge in [-0.3, -0.25) is 10.1 Å². The highest BCUT2D eigenvalue weighted by atomic mass is 32.2. The maximum absolute atomic E-state index is 11.2. The minimum Gasteiger partial charge on any atom is -0.315 e. The molecule has 0 aromatic heterocycles. The van der Waals surface area contributed by atoms with Gasteiger partial charge in [0.05, 0.1) is 11.2 Å². The third kappa shape index (κ3) is 6.65. The highest BCUT2D eigenvalue weighted by molar-refractivity contribution is 7.88. The van der Waals surface area contributed by atoms with Crippen molar-refractivity contribution in [3.8, 4) is 0 Å². The summed E-state index contributed by atoms with van der Waals surface area (Å²) in [4.78, 5) is 10.5. The van der Waals surface area contributed by atoms with Crippen LogP contribution in [0.15, 0.2) is 24.3 Å². The number of para-hydroxylation sites is 1. The van der Waals surface area contributed by atoms with E-state index in [1.807, 2.05) is 0 Å². The molecule has 0 radical (unpaired) electrons. The molecule has 8 heteroatoms. The number of sulfonamides is 1. The maximum atomic E-state index is 11.2. The van der Waals surface area contributed by atoms with Gasteiger partial charge >= 0.3 is 0 Å². The molecule has 21 heavy (non-hydrogen) atoms. The molecule has 0 atom stereocenters. The summed E-state index contributed by atoms with van der Waals surface area (Å²) in [6.45, 7) is 4.50. The van der Waals surface area contributed by atoms with E-state index < -0.39 is 20.5 Å². The van der Waals surface area contributed by atoms with Crippen LogP contribution in [0, 0.1) is 10.1 Å². The van der Waals surface area contributed by atoms with Crippen molar-refractivity contribution in [2.75, 3.05) is 19.3 Å². The molecule has 0 spiro atoms. The number of rotatable bonds is 8. The average molecular weight is 315 g/mol. The van der Waals surface area contributed by atoms with Gasteiger partial charge in [-0.2, -0.15) is 0 Å². The number of nitrogens with zero attached hydrogens (tertiary/aromatic N) is 1. The fourth-order valence-electron chi connectivity index (χ4n) is 2.06. The summed E-state index contributed by atoms with van der Waals surface area (Å²) < 4.78 is 24.9. The standard InChI is InChI=1S/C13H21N3O4S/c1-13(2,15-21(3,19)20)10-14-9-8-11-6-4-5-7-12(11)16(17)18/h4-7,14-15H,8-10H2,1-3H3. The molecule has 0 amide bonds. The van der Waals surface area contributed by atoms with Crippen molar-refractivity contribution in [1.29, 1.82) is 0 Å². The molecule has 0 heterocycles. The van der Waals surface area contributed by atoms with Crippen LogP contribution in [0.2, 0.25) is 0 Å². The third-order valence-corrected chi connectivity index (χ3v) is 3.71. The zero-order valence-corrected chi connectivity index (χ0v) is 13.2. The van der Waals surface area contributed by atoms with E-state index in [-0.39, 0.29) is 5.69 Å². The minimum atomic E-state index is -3.27. The summed E-state index contributed by atoms with van der Waals surface area (Å²) in [5, 5.41) is 14.0. The molecular formula is C13H21N3O4S. The van der Waals surface area contributed by atoms with Crippen molar-refractivity contribution < 1.29 is 13.3 Å². The first kappa shape index (κ1) is 17.5. The first-order valence-electron chi connectivity index (χ1n) is 6.53. The number of hydrogen-bond acceptors (Lipinski definition) is 5. The van der Waals surface area contributed by atoms with E-state index in [0.29, 0.717) is 25.1 Å². The monoisotopic (exact) mass is 315 g/mol. The van der Waals surface area contributed by atoms with Crippen molar-refractivity contribution >= 4 is 15.7 Å². The molecule has 2 N–H and O–H groups in total. The molecular weight excluding hydrogens is 294 g/mol. The molecule has 0 aliphatic carbocycles. The summed E-state index contributed by atoms with van der Waals surface area (Å²) in [5.74, 6) is 0. The summed E-state index contributed by atoms with van der Waals surface area (Å²) in [5.41, 5.74) is 0.146. The summed E-state index contributed by atoms with van der Waals surface area (Å²) in [7, 11) is -3.27. The van der Waals surface area contributed by atoms with E-state index in [1.54, 1.807) is 32.0 Å². The van der Waals surface area contributed by atoms with Gasteiger partial charge in [0.1, 0.15) is 0 Å². The van der Waals surface area contributed by atoms with Crippen LogP contribution in [0.5, 0.6) is 0 Å². The van der Waals surface area contributed by atoms with Gasteiger partial charge in [-0.15, -0.1) is 0 Å². The Morgan fingerprint density at radius 3 is 2.48 bits per heavy atom. The summed E-state index contributed by atoms with van der Waals surface area (Å²) >= 11 is 0. The molecule has 0 unspecified atom stereocenters. The SMILES string of the molecule is CC(C)(CNCCc1ccccc1[N+](=O)[O-])NS(C)(=O)=O. The van der Waals surface area contributed by atoms with Gasteiger partial charge in [-0.05, 0) is 26.8 Å². The Bertz CT molecular complexity index is 599. The Kier molecular flexibility index (Phi) is 5.82. The Hall–Kier alpha value is -1.51. The van der Waals surface area contributed by atoms with E-state index in [2.05, 4.69) is 10.0 Å². The van der Waals surface area contributed by atoms with Gasteiger partial charge in [0, 0.05) is 23.7 Å². The van der Waals surface area contributed by atoms with Crippen molar-refractivity contribution in [2.45, 2.75) is 25.8 Å². The largest absolute Gasteiger partial charge is 0.315 e. The van der Waals surface area contributed by atoms with E-state index in [9.17, 15) is 18.5 Å². The molecule has 1 aromatic carbocycles. The van der Waals surface area contributed by atoms with Crippen molar-refractivity contribution in [3.63, 3.8) is 0 Å². The van der Waals surface area contributed by atoms with Crippen LogP contribution in [0.25, 0.3) is 0 Å². The van der Waals surface area contributed by atoms with Crippen LogP contribution >= 0.6 is 0 Å². The number of benzene rings is 1. The molecule has 0 saturated carbocycles. The first-order valence-corrected chi connectivity index (χ1v) is 8.42. The highest BCUT2D eigenvalue weighted by Crippen LogP contribution is 2.17. The fourth-order valence-corrected chi connectivity index (χ4v) is 3.14. The van der Waals surface area contributed by atoms with E-state index in [0.717, 1.165) is 6.26 Å². The Balaban J connectivity index is 2.50. The van der Waals surface area contributed by atoms with Gasteiger partial charge < -0.3 is 5.32 Å². The van der Waals surface area contributed by atoms with Crippen LogP contribution in [0.3, 0.4) is 0 Å². The molecule has 0 fully saturated rings. The summed E-state index contributed by atoms with van der Waals surface area (Å²) in [6, 6.07) is 6.59. The molecule has 0 aliphatic heterocycles. The zero-order chi connectivity index (χ0) is 16.1. The fraction of sp³-hybridized carbons (Fsp3) is 0.538. The lowest BCUT2D eigenvalue weighted by atomic mass is 10.1. The van der Waals surface area contributed by atoms with Crippen LogP contribution in [0.1, 0.15) is 19.4 Å². The second kappa shape index (κ2) is 6.97. The Morgan fingerprint density at radius 2 is 1.90 bits per heavy atom. The molecule has 1 rings (SSSR count). The van der Waals surface area contributed by atoms with Gasteiger partial charge in [0.25, 0.3) is 5.69 Å². The predicted molar refractivity (Wildman–Crippen MR) is 81.7 cm³/mol. The zero-order valence-electron chi connectivity index (χ0n) is 12.4. The lowest BCUT2D eigenvalue weighted by Crippen LogP contribution is -2.50.